The molecule has 0 fully saturated rings. The predicted octanol–water partition coefficient (Wildman–Crippen LogP) is -0.658. The molecule has 0 unspecified atom stereocenters. The van der Waals surface area contributed by atoms with Crippen molar-refractivity contribution in [1.29, 1.82) is 0 Å². The standard InChI is InChI=1S/C15H15ClN2O3.Na/c1-3-9(2)21-14-5-4-10(6-11(14)16)12-7-13(15(19)20)18-8-17-12;/h4-9H,3H2,1-2H3,(H,19,20);/q;+1/p-1/t9-;/m1./s1. The van der Waals surface area contributed by atoms with Gasteiger partial charge in [-0.3, -0.25) is 0 Å². The van der Waals surface area contributed by atoms with E-state index in [1.54, 1.807) is 18.2 Å². The Balaban J connectivity index is 0.00000242. The van der Waals surface area contributed by atoms with E-state index in [4.69, 9.17) is 16.3 Å². The Morgan fingerprint density at radius 2 is 2.09 bits per heavy atom. The summed E-state index contributed by atoms with van der Waals surface area (Å²) in [7, 11) is 0. The molecule has 110 valence electrons. The Morgan fingerprint density at radius 3 is 2.68 bits per heavy atom. The Kier molecular flexibility index (Phi) is 7.29. The first kappa shape index (κ1) is 18.9. The van der Waals surface area contributed by atoms with Gasteiger partial charge < -0.3 is 14.6 Å². The number of nitrogens with zero attached hydrogens (tertiary/aromatic N) is 2. The second kappa shape index (κ2) is 8.48. The molecule has 1 aromatic carbocycles. The maximum absolute atomic E-state index is 10.8. The van der Waals surface area contributed by atoms with Crippen LogP contribution in [0.1, 0.15) is 30.8 Å². The van der Waals surface area contributed by atoms with Crippen molar-refractivity contribution in [3.05, 3.63) is 41.3 Å². The van der Waals surface area contributed by atoms with E-state index >= 15 is 0 Å². The molecule has 0 N–H and O–H groups in total. The van der Waals surface area contributed by atoms with Gasteiger partial charge in [0.15, 0.2) is 0 Å². The molecule has 7 heteroatoms. The number of aromatic carboxylic acids is 1. The van der Waals surface area contributed by atoms with Crippen LogP contribution >= 0.6 is 11.6 Å². The number of ether oxygens (including phenoxy) is 1. The number of hydrogen-bond acceptors (Lipinski definition) is 5. The number of carbonyl (C=O) groups excluding carboxylic acids is 1. The number of aromatic nitrogens is 2. The smallest absolute Gasteiger partial charge is 0.543 e. The molecule has 0 aliphatic carbocycles. The minimum Gasteiger partial charge on any atom is -0.543 e. The van der Waals surface area contributed by atoms with Crippen LogP contribution in [0.3, 0.4) is 0 Å². The zero-order chi connectivity index (χ0) is 15.4. The van der Waals surface area contributed by atoms with Crippen LogP contribution < -0.4 is 39.4 Å². The van der Waals surface area contributed by atoms with Gasteiger partial charge in [-0.15, -0.1) is 0 Å². The van der Waals surface area contributed by atoms with Crippen LogP contribution in [0.4, 0.5) is 0 Å². The fraction of sp³-hybridized carbons (Fsp3) is 0.267. The summed E-state index contributed by atoms with van der Waals surface area (Å²) in [4.78, 5) is 18.5. The molecule has 0 radical (unpaired) electrons. The van der Waals surface area contributed by atoms with Crippen molar-refractivity contribution >= 4 is 17.6 Å². The molecule has 1 atom stereocenters. The number of carbonyl (C=O) groups is 1. The number of hydrogen-bond donors (Lipinski definition) is 0. The molecule has 2 aromatic rings. The zero-order valence-corrected chi connectivity index (χ0v) is 15.4. The van der Waals surface area contributed by atoms with Crippen molar-refractivity contribution in [3.63, 3.8) is 0 Å². The van der Waals surface area contributed by atoms with Gasteiger partial charge in [0.05, 0.1) is 28.5 Å². The van der Waals surface area contributed by atoms with Crippen LogP contribution in [0.25, 0.3) is 11.3 Å². The molecule has 1 aromatic heterocycles. The topological polar surface area (TPSA) is 75.1 Å². The van der Waals surface area contributed by atoms with Crippen LogP contribution in [0.5, 0.6) is 5.75 Å². The zero-order valence-electron chi connectivity index (χ0n) is 12.7. The average Bonchev–Trinajstić information content (AvgIpc) is 2.49. The predicted molar refractivity (Wildman–Crippen MR) is 77.2 cm³/mol. The largest absolute Gasteiger partial charge is 1.00 e. The van der Waals surface area contributed by atoms with Crippen molar-refractivity contribution in [1.82, 2.24) is 9.97 Å². The Bertz CT molecular complexity index is 667. The van der Waals surface area contributed by atoms with Crippen LogP contribution in [0, 0.1) is 0 Å². The molecule has 0 aliphatic heterocycles. The quantitative estimate of drug-likeness (QED) is 0.681. The minimum absolute atomic E-state index is 0. The van der Waals surface area contributed by atoms with E-state index in [2.05, 4.69) is 9.97 Å². The number of rotatable bonds is 5. The minimum atomic E-state index is -1.35. The van der Waals surface area contributed by atoms with E-state index in [-0.39, 0.29) is 41.4 Å². The summed E-state index contributed by atoms with van der Waals surface area (Å²) in [6.07, 6.45) is 2.12. The average molecular weight is 329 g/mol. The van der Waals surface area contributed by atoms with Crippen molar-refractivity contribution < 1.29 is 44.2 Å². The van der Waals surface area contributed by atoms with Crippen molar-refractivity contribution in [2.75, 3.05) is 0 Å². The monoisotopic (exact) mass is 328 g/mol. The van der Waals surface area contributed by atoms with Crippen LogP contribution in [0.15, 0.2) is 30.6 Å². The third-order valence-electron chi connectivity index (χ3n) is 3.01. The van der Waals surface area contributed by atoms with E-state index in [1.165, 1.54) is 12.4 Å². The fourth-order valence-electron chi connectivity index (χ4n) is 1.68. The second-order valence-electron chi connectivity index (χ2n) is 4.56. The molecule has 0 saturated heterocycles. The molecule has 22 heavy (non-hydrogen) atoms. The summed E-state index contributed by atoms with van der Waals surface area (Å²) in [5.41, 5.74) is 0.971. The van der Waals surface area contributed by atoms with E-state index in [9.17, 15) is 9.90 Å². The third kappa shape index (κ3) is 4.68. The molecule has 5 nitrogen and oxygen atoms in total. The van der Waals surface area contributed by atoms with E-state index < -0.39 is 5.97 Å². The van der Waals surface area contributed by atoms with Gasteiger partial charge >= 0.3 is 29.6 Å². The third-order valence-corrected chi connectivity index (χ3v) is 3.30. The van der Waals surface area contributed by atoms with Gasteiger partial charge in [0, 0.05) is 5.56 Å². The van der Waals surface area contributed by atoms with Crippen molar-refractivity contribution in [2.24, 2.45) is 0 Å². The second-order valence-corrected chi connectivity index (χ2v) is 4.97. The Labute approximate surface area is 156 Å². The molecular weight excluding hydrogens is 315 g/mol. The van der Waals surface area contributed by atoms with Gasteiger partial charge in [0.1, 0.15) is 12.1 Å². The molecule has 0 aliphatic rings. The SMILES string of the molecule is CC[C@@H](C)Oc1ccc(-c2cc(C(=O)[O-])ncn2)cc1Cl.[Na+]. The van der Waals surface area contributed by atoms with E-state index in [1.807, 2.05) is 13.8 Å². The summed E-state index contributed by atoms with van der Waals surface area (Å²) in [5, 5.41) is 11.3. The van der Waals surface area contributed by atoms with Gasteiger partial charge in [-0.2, -0.15) is 0 Å². The fourth-order valence-corrected chi connectivity index (χ4v) is 1.91. The summed E-state index contributed by atoms with van der Waals surface area (Å²) in [6.45, 7) is 3.98. The molecule has 0 bridgehead atoms. The maximum Gasteiger partial charge on any atom is 1.00 e. The summed E-state index contributed by atoms with van der Waals surface area (Å²) >= 11 is 6.19. The number of benzene rings is 1. The van der Waals surface area contributed by atoms with Gasteiger partial charge in [-0.05, 0) is 37.6 Å². The van der Waals surface area contributed by atoms with Crippen molar-refractivity contribution in [2.45, 2.75) is 26.4 Å². The number of carboxylic acid groups (broad SMARTS) is 1. The van der Waals surface area contributed by atoms with Crippen LogP contribution in [-0.2, 0) is 0 Å². The number of halogens is 1. The normalized spacial score (nSPS) is 11.4. The molecule has 1 heterocycles. The van der Waals surface area contributed by atoms with Gasteiger partial charge in [-0.25, -0.2) is 9.97 Å². The first-order chi connectivity index (χ1) is 10.0. The van der Waals surface area contributed by atoms with Crippen LogP contribution in [-0.4, -0.2) is 22.0 Å². The van der Waals surface area contributed by atoms with E-state index in [0.717, 1.165) is 6.42 Å². The first-order valence-corrected chi connectivity index (χ1v) is 6.89. The summed E-state index contributed by atoms with van der Waals surface area (Å²) < 4.78 is 5.68. The van der Waals surface area contributed by atoms with Gasteiger partial charge in [-0.1, -0.05) is 18.5 Å². The molecule has 2 rings (SSSR count). The van der Waals surface area contributed by atoms with E-state index in [0.29, 0.717) is 22.0 Å². The van der Waals surface area contributed by atoms with Gasteiger partial charge in [0.25, 0.3) is 0 Å². The first-order valence-electron chi connectivity index (χ1n) is 6.51. The molecule has 0 spiro atoms. The molecule has 0 saturated carbocycles. The molecule has 0 amide bonds. The number of carboxylic acids is 1. The summed E-state index contributed by atoms with van der Waals surface area (Å²) in [6, 6.07) is 6.53. The van der Waals surface area contributed by atoms with Gasteiger partial charge in [0.2, 0.25) is 0 Å². The summed E-state index contributed by atoms with van der Waals surface area (Å²) in [5.74, 6) is -0.759. The van der Waals surface area contributed by atoms with Crippen molar-refractivity contribution in [3.8, 4) is 17.0 Å². The van der Waals surface area contributed by atoms with Crippen LogP contribution in [0.2, 0.25) is 5.02 Å². The Hall–Kier alpha value is -1.14. The molecular formula is C15H14ClN2NaO3. The Morgan fingerprint density at radius 1 is 1.36 bits per heavy atom. The maximum atomic E-state index is 10.8.